The molecule has 2 aliphatic heterocycles. The number of nitrogens with one attached hydrogen (secondary N) is 3. The van der Waals surface area contributed by atoms with Gasteiger partial charge in [0, 0.05) is 31.7 Å². The van der Waals surface area contributed by atoms with Crippen molar-refractivity contribution in [1.29, 1.82) is 0 Å². The normalized spacial score (nSPS) is 20.9. The summed E-state index contributed by atoms with van der Waals surface area (Å²) in [6.45, 7) is 4.73. The Labute approximate surface area is 123 Å². The number of hydrogen-bond acceptors (Lipinski definition) is 4. The van der Waals surface area contributed by atoms with Gasteiger partial charge >= 0.3 is 0 Å². The van der Waals surface area contributed by atoms with Crippen molar-refractivity contribution in [3.05, 3.63) is 23.8 Å². The summed E-state index contributed by atoms with van der Waals surface area (Å²) in [5.74, 6) is -0.137. The van der Waals surface area contributed by atoms with Crippen LogP contribution in [0, 0.1) is 0 Å². The van der Waals surface area contributed by atoms with Crippen LogP contribution in [-0.4, -0.2) is 48.9 Å². The van der Waals surface area contributed by atoms with Crippen LogP contribution in [0.4, 0.5) is 11.4 Å². The molecule has 1 saturated heterocycles. The molecule has 0 aliphatic carbocycles. The number of amides is 2. The van der Waals surface area contributed by atoms with Crippen LogP contribution in [0.1, 0.15) is 23.7 Å². The molecule has 1 aromatic carbocycles. The predicted molar refractivity (Wildman–Crippen MR) is 81.5 cm³/mol. The zero-order valence-corrected chi connectivity index (χ0v) is 12.1. The van der Waals surface area contributed by atoms with Gasteiger partial charge in [0.15, 0.2) is 0 Å². The van der Waals surface area contributed by atoms with E-state index in [1.54, 1.807) is 4.90 Å². The first kappa shape index (κ1) is 13.7. The van der Waals surface area contributed by atoms with Crippen molar-refractivity contribution in [3.8, 4) is 0 Å². The number of rotatable bonds is 2. The molecule has 0 aromatic heterocycles. The Morgan fingerprint density at radius 2 is 1.95 bits per heavy atom. The third-order valence-corrected chi connectivity index (χ3v) is 4.00. The van der Waals surface area contributed by atoms with E-state index in [9.17, 15) is 9.59 Å². The van der Waals surface area contributed by atoms with Crippen molar-refractivity contribution < 1.29 is 9.59 Å². The van der Waals surface area contributed by atoms with Gasteiger partial charge in [0.05, 0.1) is 11.4 Å². The highest BCUT2D eigenvalue weighted by Gasteiger charge is 2.32. The van der Waals surface area contributed by atoms with Crippen LogP contribution in [0.2, 0.25) is 0 Å². The lowest BCUT2D eigenvalue weighted by atomic mass is 10.1. The van der Waals surface area contributed by atoms with Crippen molar-refractivity contribution in [2.24, 2.45) is 0 Å². The van der Waals surface area contributed by atoms with Gasteiger partial charge in [-0.25, -0.2) is 0 Å². The van der Waals surface area contributed by atoms with Crippen molar-refractivity contribution in [1.82, 2.24) is 10.2 Å². The molecule has 0 radical (unpaired) electrons. The maximum absolute atomic E-state index is 12.7. The third kappa shape index (κ3) is 2.53. The van der Waals surface area contributed by atoms with Gasteiger partial charge in [-0.2, -0.15) is 0 Å². The largest absolute Gasteiger partial charge is 0.382 e. The van der Waals surface area contributed by atoms with Crippen LogP contribution in [0.25, 0.3) is 0 Å². The van der Waals surface area contributed by atoms with Gasteiger partial charge in [0.25, 0.3) is 5.91 Å². The lowest BCUT2D eigenvalue weighted by molar-refractivity contribution is -0.127. The Hall–Kier alpha value is -2.24. The van der Waals surface area contributed by atoms with Crippen LogP contribution >= 0.6 is 0 Å². The Morgan fingerprint density at radius 1 is 1.19 bits per heavy atom. The van der Waals surface area contributed by atoms with E-state index < -0.39 is 0 Å². The molecule has 1 fully saturated rings. The second-order valence-corrected chi connectivity index (χ2v) is 5.33. The van der Waals surface area contributed by atoms with Gasteiger partial charge in [0.2, 0.25) is 5.91 Å². The van der Waals surface area contributed by atoms with E-state index in [1.807, 2.05) is 25.1 Å². The first-order valence-corrected chi connectivity index (χ1v) is 7.41. The third-order valence-electron chi connectivity index (χ3n) is 4.00. The number of piperazine rings is 1. The monoisotopic (exact) mass is 288 g/mol. The molecule has 1 unspecified atom stereocenters. The van der Waals surface area contributed by atoms with Gasteiger partial charge in [-0.1, -0.05) is 6.92 Å². The summed E-state index contributed by atoms with van der Waals surface area (Å²) in [6.07, 6.45) is 0.627. The second kappa shape index (κ2) is 5.63. The van der Waals surface area contributed by atoms with Gasteiger partial charge in [-0.15, -0.1) is 0 Å². The zero-order valence-electron chi connectivity index (χ0n) is 12.1. The summed E-state index contributed by atoms with van der Waals surface area (Å²) in [4.78, 5) is 26.3. The highest BCUT2D eigenvalue weighted by atomic mass is 16.2. The summed E-state index contributed by atoms with van der Waals surface area (Å²) < 4.78 is 0. The smallest absolute Gasteiger partial charge is 0.254 e. The number of benzene rings is 1. The first-order valence-electron chi connectivity index (χ1n) is 7.41. The van der Waals surface area contributed by atoms with Crippen LogP contribution in [-0.2, 0) is 4.79 Å². The summed E-state index contributed by atoms with van der Waals surface area (Å²) in [5.41, 5.74) is 2.58. The molecule has 1 atom stereocenters. The quantitative estimate of drug-likeness (QED) is 0.755. The Bertz CT molecular complexity index is 573. The number of hydrogen-bond donors (Lipinski definition) is 3. The number of carbonyl (C=O) groups excluding carboxylic acids is 2. The molecule has 2 heterocycles. The second-order valence-electron chi connectivity index (χ2n) is 5.33. The fourth-order valence-corrected chi connectivity index (χ4v) is 2.90. The maximum atomic E-state index is 12.7. The molecule has 21 heavy (non-hydrogen) atoms. The molecular weight excluding hydrogens is 268 g/mol. The summed E-state index contributed by atoms with van der Waals surface area (Å²) >= 11 is 0. The molecule has 6 nitrogen and oxygen atoms in total. The van der Waals surface area contributed by atoms with E-state index in [4.69, 9.17) is 0 Å². The summed E-state index contributed by atoms with van der Waals surface area (Å²) in [6, 6.07) is 5.23. The topological polar surface area (TPSA) is 73.5 Å². The fourth-order valence-electron chi connectivity index (χ4n) is 2.90. The SMILES string of the molecule is CCC1C(=O)NCCN1C(=O)c1ccc2c(c1)NCCN2. The molecule has 3 rings (SSSR count). The van der Waals surface area contributed by atoms with Crippen LogP contribution in [0.15, 0.2) is 18.2 Å². The van der Waals surface area contributed by atoms with E-state index in [0.29, 0.717) is 25.1 Å². The average molecular weight is 288 g/mol. The van der Waals surface area contributed by atoms with Crippen molar-refractivity contribution in [2.75, 3.05) is 36.8 Å². The fraction of sp³-hybridized carbons (Fsp3) is 0.467. The lowest BCUT2D eigenvalue weighted by Crippen LogP contribution is -2.56. The van der Waals surface area contributed by atoms with Crippen LogP contribution < -0.4 is 16.0 Å². The number of fused-ring (bicyclic) bond motifs is 1. The van der Waals surface area contributed by atoms with Crippen LogP contribution in [0.3, 0.4) is 0 Å². The molecule has 0 bridgehead atoms. The van der Waals surface area contributed by atoms with Gasteiger partial charge in [-0.05, 0) is 24.6 Å². The molecule has 0 saturated carbocycles. The minimum Gasteiger partial charge on any atom is -0.382 e. The molecule has 1 aromatic rings. The van der Waals surface area contributed by atoms with Crippen LogP contribution in [0.5, 0.6) is 0 Å². The summed E-state index contributed by atoms with van der Waals surface area (Å²) in [5, 5.41) is 9.38. The van der Waals surface area contributed by atoms with Gasteiger partial charge in [-0.3, -0.25) is 9.59 Å². The molecule has 0 spiro atoms. The zero-order chi connectivity index (χ0) is 14.8. The number of carbonyl (C=O) groups is 2. The van der Waals surface area contributed by atoms with E-state index >= 15 is 0 Å². The first-order chi connectivity index (χ1) is 10.2. The molecule has 112 valence electrons. The molecule has 6 heteroatoms. The number of nitrogens with zero attached hydrogens (tertiary/aromatic N) is 1. The molecule has 2 amide bonds. The van der Waals surface area contributed by atoms with E-state index in [2.05, 4.69) is 16.0 Å². The Kier molecular flexibility index (Phi) is 3.68. The highest BCUT2D eigenvalue weighted by Crippen LogP contribution is 2.26. The Morgan fingerprint density at radius 3 is 2.71 bits per heavy atom. The standard InChI is InChI=1S/C15H20N4O2/c1-2-13-14(20)18-7-8-19(13)15(21)10-3-4-11-12(9-10)17-6-5-16-11/h3-4,9,13,16-17H,2,5-8H2,1H3,(H,18,20). The van der Waals surface area contributed by atoms with Crippen molar-refractivity contribution >= 4 is 23.2 Å². The van der Waals surface area contributed by atoms with E-state index in [1.165, 1.54) is 0 Å². The average Bonchev–Trinajstić information content (AvgIpc) is 2.53. The Balaban J connectivity index is 1.85. The predicted octanol–water partition coefficient (Wildman–Crippen LogP) is 0.875. The molecule has 2 aliphatic rings. The number of anilines is 2. The van der Waals surface area contributed by atoms with Crippen molar-refractivity contribution in [2.45, 2.75) is 19.4 Å². The highest BCUT2D eigenvalue weighted by molar-refractivity contribution is 5.99. The van der Waals surface area contributed by atoms with Gasteiger partial charge in [0.1, 0.15) is 6.04 Å². The minimum atomic E-state index is -0.367. The maximum Gasteiger partial charge on any atom is 0.254 e. The van der Waals surface area contributed by atoms with Crippen molar-refractivity contribution in [3.63, 3.8) is 0 Å². The van der Waals surface area contributed by atoms with Gasteiger partial charge < -0.3 is 20.9 Å². The molecule has 3 N–H and O–H groups in total. The lowest BCUT2D eigenvalue weighted by Gasteiger charge is -2.34. The van der Waals surface area contributed by atoms with E-state index in [-0.39, 0.29) is 17.9 Å². The summed E-state index contributed by atoms with van der Waals surface area (Å²) in [7, 11) is 0. The van der Waals surface area contributed by atoms with E-state index in [0.717, 1.165) is 24.5 Å². The molecular formula is C15H20N4O2. The minimum absolute atomic E-state index is 0.0603.